The van der Waals surface area contributed by atoms with Crippen molar-refractivity contribution >= 4 is 0 Å². The SMILES string of the molecule is CC#CCn1ccc2c1CCCC2N. The average Bonchev–Trinajstić information content (AvgIpc) is 2.60. The largest absolute Gasteiger partial charge is 0.340 e. The quantitative estimate of drug-likeness (QED) is 0.670. The van der Waals surface area contributed by atoms with Crippen molar-refractivity contribution in [2.45, 2.75) is 38.8 Å². The van der Waals surface area contributed by atoms with Crippen molar-refractivity contribution in [2.24, 2.45) is 5.73 Å². The topological polar surface area (TPSA) is 30.9 Å². The van der Waals surface area contributed by atoms with Gasteiger partial charge in [-0.25, -0.2) is 0 Å². The molecule has 2 heteroatoms. The van der Waals surface area contributed by atoms with Crippen LogP contribution in [0.3, 0.4) is 0 Å². The van der Waals surface area contributed by atoms with E-state index in [4.69, 9.17) is 5.73 Å². The highest BCUT2D eigenvalue weighted by atomic mass is 15.0. The molecule has 14 heavy (non-hydrogen) atoms. The normalized spacial score (nSPS) is 19.7. The van der Waals surface area contributed by atoms with Gasteiger partial charge in [0.25, 0.3) is 0 Å². The monoisotopic (exact) mass is 188 g/mol. The van der Waals surface area contributed by atoms with Crippen molar-refractivity contribution in [1.29, 1.82) is 0 Å². The van der Waals surface area contributed by atoms with E-state index in [1.165, 1.54) is 17.7 Å². The number of nitrogens with two attached hydrogens (primary N) is 1. The number of fused-ring (bicyclic) bond motifs is 1. The van der Waals surface area contributed by atoms with Crippen LogP contribution in [-0.2, 0) is 13.0 Å². The summed E-state index contributed by atoms with van der Waals surface area (Å²) in [7, 11) is 0. The molecule has 74 valence electrons. The molecule has 0 saturated heterocycles. The minimum absolute atomic E-state index is 0.245. The Kier molecular flexibility index (Phi) is 2.60. The van der Waals surface area contributed by atoms with Gasteiger partial charge in [0.05, 0.1) is 6.54 Å². The molecular formula is C12H16N2. The number of hydrogen-bond acceptors (Lipinski definition) is 1. The first kappa shape index (κ1) is 9.36. The fourth-order valence-corrected chi connectivity index (χ4v) is 2.11. The Morgan fingerprint density at radius 2 is 2.50 bits per heavy atom. The molecule has 2 nitrogen and oxygen atoms in total. The number of aromatic nitrogens is 1. The standard InChI is InChI=1S/C12H16N2/c1-2-3-8-14-9-7-10-11(13)5-4-6-12(10)14/h7,9,11H,4-6,8,13H2,1H3. The highest BCUT2D eigenvalue weighted by Gasteiger charge is 2.19. The number of nitrogens with zero attached hydrogens (tertiary/aromatic N) is 1. The van der Waals surface area contributed by atoms with Crippen molar-refractivity contribution in [3.63, 3.8) is 0 Å². The maximum atomic E-state index is 6.04. The fraction of sp³-hybridized carbons (Fsp3) is 0.500. The van der Waals surface area contributed by atoms with Crippen molar-refractivity contribution in [3.05, 3.63) is 23.5 Å². The Hall–Kier alpha value is -1.20. The molecule has 0 amide bonds. The average molecular weight is 188 g/mol. The van der Waals surface area contributed by atoms with Gasteiger partial charge in [-0.3, -0.25) is 0 Å². The molecule has 2 N–H and O–H groups in total. The summed E-state index contributed by atoms with van der Waals surface area (Å²) in [4.78, 5) is 0. The molecule has 1 heterocycles. The second kappa shape index (κ2) is 3.89. The van der Waals surface area contributed by atoms with Crippen LogP contribution >= 0.6 is 0 Å². The summed E-state index contributed by atoms with van der Waals surface area (Å²) in [5.41, 5.74) is 8.76. The molecule has 0 radical (unpaired) electrons. The zero-order valence-electron chi connectivity index (χ0n) is 8.59. The van der Waals surface area contributed by atoms with Crippen LogP contribution in [0.1, 0.15) is 37.1 Å². The zero-order valence-corrected chi connectivity index (χ0v) is 8.59. The first-order valence-electron chi connectivity index (χ1n) is 5.16. The van der Waals surface area contributed by atoms with E-state index in [2.05, 4.69) is 28.7 Å². The summed E-state index contributed by atoms with van der Waals surface area (Å²) in [5.74, 6) is 6.01. The molecule has 0 aliphatic heterocycles. The Morgan fingerprint density at radius 1 is 1.64 bits per heavy atom. The van der Waals surface area contributed by atoms with Gasteiger partial charge in [-0.1, -0.05) is 5.92 Å². The predicted molar refractivity (Wildman–Crippen MR) is 57.7 cm³/mol. The highest BCUT2D eigenvalue weighted by Crippen LogP contribution is 2.28. The van der Waals surface area contributed by atoms with Crippen LogP contribution in [0.5, 0.6) is 0 Å². The number of hydrogen-bond donors (Lipinski definition) is 1. The summed E-state index contributed by atoms with van der Waals surface area (Å²) in [6.45, 7) is 2.68. The van der Waals surface area contributed by atoms with Crippen LogP contribution in [0.4, 0.5) is 0 Å². The van der Waals surface area contributed by atoms with Crippen LogP contribution in [0.2, 0.25) is 0 Å². The Balaban J connectivity index is 2.29. The van der Waals surface area contributed by atoms with Gasteiger partial charge in [0, 0.05) is 17.9 Å². The molecule has 2 rings (SSSR count). The molecule has 1 aromatic heterocycles. The summed E-state index contributed by atoms with van der Waals surface area (Å²) in [5, 5.41) is 0. The van der Waals surface area contributed by atoms with Crippen LogP contribution in [0.25, 0.3) is 0 Å². The van der Waals surface area contributed by atoms with E-state index in [9.17, 15) is 0 Å². The van der Waals surface area contributed by atoms with Crippen LogP contribution in [0.15, 0.2) is 12.3 Å². The van der Waals surface area contributed by atoms with Gasteiger partial charge in [-0.2, -0.15) is 0 Å². The van der Waals surface area contributed by atoms with E-state index in [1.54, 1.807) is 0 Å². The summed E-state index contributed by atoms with van der Waals surface area (Å²) >= 11 is 0. The van der Waals surface area contributed by atoms with Gasteiger partial charge >= 0.3 is 0 Å². The third-order valence-corrected chi connectivity index (χ3v) is 2.87. The molecule has 1 atom stereocenters. The van der Waals surface area contributed by atoms with E-state index >= 15 is 0 Å². The summed E-state index contributed by atoms with van der Waals surface area (Å²) in [6, 6.07) is 2.39. The first-order valence-corrected chi connectivity index (χ1v) is 5.16. The molecule has 0 saturated carbocycles. The lowest BCUT2D eigenvalue weighted by Gasteiger charge is -2.20. The van der Waals surface area contributed by atoms with Crippen LogP contribution in [-0.4, -0.2) is 4.57 Å². The van der Waals surface area contributed by atoms with Gasteiger partial charge in [0.2, 0.25) is 0 Å². The fourth-order valence-electron chi connectivity index (χ4n) is 2.11. The lowest BCUT2D eigenvalue weighted by molar-refractivity contribution is 0.550. The smallest absolute Gasteiger partial charge is 0.0834 e. The minimum Gasteiger partial charge on any atom is -0.340 e. The molecule has 1 unspecified atom stereocenters. The Bertz CT molecular complexity index is 379. The molecular weight excluding hydrogens is 172 g/mol. The third-order valence-electron chi connectivity index (χ3n) is 2.87. The lowest BCUT2D eigenvalue weighted by Crippen LogP contribution is -2.18. The van der Waals surface area contributed by atoms with Gasteiger partial charge in [0.1, 0.15) is 0 Å². The summed E-state index contributed by atoms with van der Waals surface area (Å²) in [6.07, 6.45) is 5.59. The van der Waals surface area contributed by atoms with Gasteiger partial charge in [-0.15, -0.1) is 5.92 Å². The molecule has 0 bridgehead atoms. The van der Waals surface area contributed by atoms with Gasteiger partial charge < -0.3 is 10.3 Å². The summed E-state index contributed by atoms with van der Waals surface area (Å²) < 4.78 is 2.23. The van der Waals surface area contributed by atoms with E-state index in [-0.39, 0.29) is 6.04 Å². The third kappa shape index (κ3) is 1.56. The molecule has 1 aliphatic rings. The maximum absolute atomic E-state index is 6.04. The lowest BCUT2D eigenvalue weighted by atomic mass is 9.94. The van der Waals surface area contributed by atoms with Crippen molar-refractivity contribution in [1.82, 2.24) is 4.57 Å². The van der Waals surface area contributed by atoms with Crippen LogP contribution in [0, 0.1) is 11.8 Å². The Morgan fingerprint density at radius 3 is 3.29 bits per heavy atom. The molecule has 1 aliphatic carbocycles. The van der Waals surface area contributed by atoms with Gasteiger partial charge in [0.15, 0.2) is 0 Å². The van der Waals surface area contributed by atoms with Crippen molar-refractivity contribution < 1.29 is 0 Å². The van der Waals surface area contributed by atoms with E-state index in [0.717, 1.165) is 19.4 Å². The Labute approximate surface area is 85.1 Å². The molecule has 0 aromatic carbocycles. The second-order valence-electron chi connectivity index (χ2n) is 3.77. The molecule has 0 spiro atoms. The predicted octanol–water partition coefficient (Wildman–Crippen LogP) is 1.85. The number of rotatable bonds is 1. The van der Waals surface area contributed by atoms with E-state index in [0.29, 0.717) is 0 Å². The molecule has 1 aromatic rings. The highest BCUT2D eigenvalue weighted by molar-refractivity contribution is 5.28. The maximum Gasteiger partial charge on any atom is 0.0834 e. The first-order chi connectivity index (χ1) is 6.83. The zero-order chi connectivity index (χ0) is 9.97. The van der Waals surface area contributed by atoms with E-state index in [1.807, 2.05) is 6.92 Å². The second-order valence-corrected chi connectivity index (χ2v) is 3.77. The van der Waals surface area contributed by atoms with Crippen LogP contribution < -0.4 is 5.73 Å². The molecule has 0 fully saturated rings. The van der Waals surface area contributed by atoms with Crippen molar-refractivity contribution in [3.8, 4) is 11.8 Å². The minimum atomic E-state index is 0.245. The van der Waals surface area contributed by atoms with Crippen molar-refractivity contribution in [2.75, 3.05) is 0 Å². The van der Waals surface area contributed by atoms with Gasteiger partial charge in [-0.05, 0) is 37.8 Å². The van der Waals surface area contributed by atoms with E-state index < -0.39 is 0 Å².